The Kier molecular flexibility index (Phi) is 6.06. The Bertz CT molecular complexity index is 1540. The average molecular weight is 477 g/mol. The Labute approximate surface area is 211 Å². The Morgan fingerprint density at radius 2 is 1.64 bits per heavy atom. The number of rotatable bonds is 7. The van der Waals surface area contributed by atoms with Gasteiger partial charge in [-0.05, 0) is 73.6 Å². The van der Waals surface area contributed by atoms with Gasteiger partial charge in [-0.2, -0.15) is 0 Å². The predicted molar refractivity (Wildman–Crippen MR) is 146 cm³/mol. The zero-order valence-electron chi connectivity index (χ0n) is 20.8. The zero-order chi connectivity index (χ0) is 24.5. The summed E-state index contributed by atoms with van der Waals surface area (Å²) in [6, 6.07) is 25.1. The fourth-order valence-electron chi connectivity index (χ4n) is 5.71. The number of benzene rings is 3. The van der Waals surface area contributed by atoms with E-state index < -0.39 is 0 Å². The van der Waals surface area contributed by atoms with Gasteiger partial charge in [-0.1, -0.05) is 42.5 Å². The monoisotopic (exact) mass is 476 g/mol. The number of hydrogen-bond acceptors (Lipinski definition) is 2. The number of carbonyl (C=O) groups excluding carboxylic acids is 1. The lowest BCUT2D eigenvalue weighted by molar-refractivity contribution is -0.116. The van der Waals surface area contributed by atoms with Crippen molar-refractivity contribution in [3.63, 3.8) is 0 Å². The normalized spacial score (nSPS) is 13.2. The summed E-state index contributed by atoms with van der Waals surface area (Å²) >= 11 is 0. The van der Waals surface area contributed by atoms with Crippen molar-refractivity contribution in [2.75, 3.05) is 5.32 Å². The second kappa shape index (κ2) is 9.65. The van der Waals surface area contributed by atoms with Crippen molar-refractivity contribution in [3.05, 3.63) is 95.4 Å². The minimum atomic E-state index is 0.0600. The first kappa shape index (κ1) is 22.6. The number of amides is 1. The average Bonchev–Trinajstić information content (AvgIpc) is 3.41. The number of fused-ring (bicyclic) bond motifs is 4. The van der Waals surface area contributed by atoms with Crippen LogP contribution in [0.2, 0.25) is 0 Å². The van der Waals surface area contributed by atoms with E-state index in [9.17, 15) is 4.79 Å². The van der Waals surface area contributed by atoms with Crippen LogP contribution in [0.15, 0.2) is 72.8 Å². The Balaban J connectivity index is 1.07. The fourth-order valence-corrected chi connectivity index (χ4v) is 5.71. The Hall–Kier alpha value is -3.86. The molecule has 0 spiro atoms. The van der Waals surface area contributed by atoms with Crippen molar-refractivity contribution in [2.24, 2.45) is 7.05 Å². The third-order valence-electron chi connectivity index (χ3n) is 7.60. The van der Waals surface area contributed by atoms with E-state index in [1.165, 1.54) is 46.1 Å². The quantitative estimate of drug-likeness (QED) is 0.303. The smallest absolute Gasteiger partial charge is 0.226 e. The van der Waals surface area contributed by atoms with Gasteiger partial charge in [0.1, 0.15) is 5.82 Å². The molecule has 1 aliphatic rings. The van der Waals surface area contributed by atoms with Crippen LogP contribution in [0.4, 0.5) is 5.69 Å². The first-order valence-corrected chi connectivity index (χ1v) is 13.1. The maximum Gasteiger partial charge on any atom is 0.226 e. The van der Waals surface area contributed by atoms with Crippen molar-refractivity contribution < 1.29 is 4.79 Å². The minimum Gasteiger partial charge on any atom is -0.344 e. The fraction of sp³-hybridized carbons (Fsp3) is 0.290. The van der Waals surface area contributed by atoms with Gasteiger partial charge in [0.05, 0.1) is 11.0 Å². The van der Waals surface area contributed by atoms with Gasteiger partial charge in [0, 0.05) is 48.7 Å². The predicted octanol–water partition coefficient (Wildman–Crippen LogP) is 6.22. The van der Waals surface area contributed by atoms with Crippen molar-refractivity contribution in [1.29, 1.82) is 0 Å². The van der Waals surface area contributed by atoms with Crippen LogP contribution in [0.25, 0.3) is 21.9 Å². The molecule has 0 bridgehead atoms. The molecule has 36 heavy (non-hydrogen) atoms. The zero-order valence-corrected chi connectivity index (χ0v) is 20.8. The molecule has 1 amide bonds. The molecule has 5 aromatic rings. The summed E-state index contributed by atoms with van der Waals surface area (Å²) in [5.74, 6) is 1.15. The molecule has 5 nitrogen and oxygen atoms in total. The number of nitrogens with one attached hydrogen (secondary N) is 1. The highest BCUT2D eigenvalue weighted by atomic mass is 16.1. The van der Waals surface area contributed by atoms with Crippen molar-refractivity contribution >= 4 is 33.5 Å². The largest absolute Gasteiger partial charge is 0.344 e. The van der Waals surface area contributed by atoms with Gasteiger partial charge in [-0.25, -0.2) is 4.98 Å². The second-order valence-electron chi connectivity index (χ2n) is 9.87. The molecule has 0 aliphatic heterocycles. The van der Waals surface area contributed by atoms with Gasteiger partial charge in [0.15, 0.2) is 0 Å². The highest BCUT2D eigenvalue weighted by Crippen LogP contribution is 2.32. The lowest BCUT2D eigenvalue weighted by atomic mass is 9.95. The van der Waals surface area contributed by atoms with Gasteiger partial charge in [0.2, 0.25) is 5.91 Å². The molecule has 2 aromatic heterocycles. The van der Waals surface area contributed by atoms with Gasteiger partial charge < -0.3 is 14.5 Å². The number of carbonyl (C=O) groups is 1. The van der Waals surface area contributed by atoms with Crippen LogP contribution in [0.1, 0.15) is 41.9 Å². The topological polar surface area (TPSA) is 51.9 Å². The molecule has 182 valence electrons. The van der Waals surface area contributed by atoms with Crippen LogP contribution in [-0.4, -0.2) is 20.0 Å². The molecule has 0 saturated heterocycles. The minimum absolute atomic E-state index is 0.0600. The molecule has 5 heteroatoms. The summed E-state index contributed by atoms with van der Waals surface area (Å²) in [6.45, 7) is 0.720. The highest BCUT2D eigenvalue weighted by molar-refractivity contribution is 5.91. The summed E-state index contributed by atoms with van der Waals surface area (Å²) in [4.78, 5) is 17.6. The summed E-state index contributed by atoms with van der Waals surface area (Å²) < 4.78 is 4.56. The van der Waals surface area contributed by atoms with Crippen LogP contribution in [0.3, 0.4) is 0 Å². The SMILES string of the molecule is Cn1c(CCc2ccc(NC(=O)CCn3c4c(c5ccccc53)CCCC4)cc2)nc2ccccc21. The molecule has 0 radical (unpaired) electrons. The van der Waals surface area contributed by atoms with Crippen molar-refractivity contribution in [2.45, 2.75) is 51.5 Å². The first-order valence-electron chi connectivity index (χ1n) is 13.1. The van der Waals surface area contributed by atoms with E-state index in [-0.39, 0.29) is 5.91 Å². The number of nitrogens with zero attached hydrogens (tertiary/aromatic N) is 3. The van der Waals surface area contributed by atoms with E-state index in [4.69, 9.17) is 4.98 Å². The van der Waals surface area contributed by atoms with Crippen LogP contribution >= 0.6 is 0 Å². The number of anilines is 1. The lowest BCUT2D eigenvalue weighted by Crippen LogP contribution is -2.16. The summed E-state index contributed by atoms with van der Waals surface area (Å²) in [6.07, 6.45) is 7.02. The van der Waals surface area contributed by atoms with Crippen LogP contribution < -0.4 is 5.32 Å². The molecular weight excluding hydrogens is 444 g/mol. The molecule has 3 aromatic carbocycles. The summed E-state index contributed by atoms with van der Waals surface area (Å²) in [5.41, 5.74) is 8.49. The number of imidazole rings is 1. The van der Waals surface area contributed by atoms with E-state index in [2.05, 4.69) is 76.1 Å². The molecular formula is C31H32N4O. The van der Waals surface area contributed by atoms with Crippen molar-refractivity contribution in [1.82, 2.24) is 14.1 Å². The van der Waals surface area contributed by atoms with E-state index in [0.29, 0.717) is 6.42 Å². The lowest BCUT2D eigenvalue weighted by Gasteiger charge is -2.16. The van der Waals surface area contributed by atoms with Crippen LogP contribution in [0, 0.1) is 0 Å². The van der Waals surface area contributed by atoms with Crippen LogP contribution in [-0.2, 0) is 44.1 Å². The standard InChI is InChI=1S/C31H32N4O/c1-34-29-13-7-4-10-26(29)33-30(34)19-16-22-14-17-23(18-15-22)32-31(36)20-21-35-27-11-5-2-8-24(27)25-9-3-6-12-28(25)35/h2,4-5,7-8,10-11,13-15,17-18H,3,6,9,12,16,19-21H2,1H3,(H,32,36). The number of hydrogen-bond donors (Lipinski definition) is 1. The van der Waals surface area contributed by atoms with Crippen molar-refractivity contribution in [3.8, 4) is 0 Å². The van der Waals surface area contributed by atoms with E-state index in [1.807, 2.05) is 18.2 Å². The molecule has 0 atom stereocenters. The molecule has 0 fully saturated rings. The number of para-hydroxylation sites is 3. The Morgan fingerprint density at radius 3 is 2.47 bits per heavy atom. The molecule has 1 N–H and O–H groups in total. The summed E-state index contributed by atoms with van der Waals surface area (Å²) in [5, 5.41) is 4.45. The van der Waals surface area contributed by atoms with E-state index in [1.54, 1.807) is 0 Å². The maximum atomic E-state index is 12.8. The van der Waals surface area contributed by atoms with Gasteiger partial charge in [0.25, 0.3) is 0 Å². The van der Waals surface area contributed by atoms with Crippen LogP contribution in [0.5, 0.6) is 0 Å². The molecule has 0 unspecified atom stereocenters. The van der Waals surface area contributed by atoms with E-state index >= 15 is 0 Å². The second-order valence-corrected chi connectivity index (χ2v) is 9.87. The highest BCUT2D eigenvalue weighted by Gasteiger charge is 2.20. The van der Waals surface area contributed by atoms with E-state index in [0.717, 1.165) is 49.3 Å². The third kappa shape index (κ3) is 4.30. The summed E-state index contributed by atoms with van der Waals surface area (Å²) in [7, 11) is 2.08. The third-order valence-corrected chi connectivity index (χ3v) is 7.60. The molecule has 1 aliphatic carbocycles. The number of aryl methyl sites for hydroxylation is 5. The maximum absolute atomic E-state index is 12.8. The molecule has 6 rings (SSSR count). The Morgan fingerprint density at radius 1 is 0.889 bits per heavy atom. The molecule has 2 heterocycles. The molecule has 0 saturated carbocycles. The van der Waals surface area contributed by atoms with Gasteiger partial charge in [-0.15, -0.1) is 0 Å². The van der Waals surface area contributed by atoms with Gasteiger partial charge >= 0.3 is 0 Å². The number of aromatic nitrogens is 3. The van der Waals surface area contributed by atoms with Gasteiger partial charge in [-0.3, -0.25) is 4.79 Å². The first-order chi connectivity index (χ1) is 17.7.